The van der Waals surface area contributed by atoms with Crippen LogP contribution in [0.15, 0.2) is 22.7 Å². The minimum Gasteiger partial charge on any atom is -0.492 e. The number of aromatic nitrogens is 1. The molecule has 0 radical (unpaired) electrons. The van der Waals surface area contributed by atoms with Crippen molar-refractivity contribution in [3.05, 3.63) is 39.7 Å². The van der Waals surface area contributed by atoms with E-state index in [0.29, 0.717) is 41.1 Å². The van der Waals surface area contributed by atoms with Gasteiger partial charge in [-0.25, -0.2) is 0 Å². The second kappa shape index (κ2) is 8.40. The molecule has 0 aliphatic heterocycles. The van der Waals surface area contributed by atoms with Gasteiger partial charge in [-0.1, -0.05) is 30.6 Å². The fourth-order valence-electron chi connectivity index (χ4n) is 2.05. The zero-order valence-corrected chi connectivity index (χ0v) is 15.4. The zero-order chi connectivity index (χ0) is 17.7. The van der Waals surface area contributed by atoms with E-state index in [2.05, 4.69) is 24.3 Å². The third-order valence-corrected chi connectivity index (χ3v) is 3.92. The first-order valence-electron chi connectivity index (χ1n) is 7.69. The second-order valence-electron chi connectivity index (χ2n) is 5.92. The van der Waals surface area contributed by atoms with Crippen LogP contribution in [0, 0.1) is 12.8 Å². The smallest absolute Gasteiger partial charge is 0.229 e. The van der Waals surface area contributed by atoms with Gasteiger partial charge in [-0.05, 0) is 49.1 Å². The van der Waals surface area contributed by atoms with Crippen LogP contribution in [0.3, 0.4) is 0 Å². The molecule has 0 spiro atoms. The Morgan fingerprint density at radius 3 is 2.71 bits per heavy atom. The first kappa shape index (κ1) is 18.6. The van der Waals surface area contributed by atoms with Gasteiger partial charge in [0.05, 0.1) is 17.3 Å². The Kier molecular flexibility index (Phi) is 6.52. The topological polar surface area (TPSA) is 64.4 Å². The first-order valence-corrected chi connectivity index (χ1v) is 8.45. The summed E-state index contributed by atoms with van der Waals surface area (Å²) < 4.78 is 10.5. The van der Waals surface area contributed by atoms with Crippen molar-refractivity contribution >= 4 is 34.8 Å². The molecule has 130 valence electrons. The maximum absolute atomic E-state index is 12.1. The van der Waals surface area contributed by atoms with Crippen molar-refractivity contribution in [3.63, 3.8) is 0 Å². The van der Waals surface area contributed by atoms with E-state index in [4.69, 9.17) is 32.5 Å². The minimum absolute atomic E-state index is 0.140. The zero-order valence-electron chi connectivity index (χ0n) is 13.9. The molecule has 0 fully saturated rings. The molecule has 0 bridgehead atoms. The molecule has 1 N–H and O–H groups in total. The van der Waals surface area contributed by atoms with Gasteiger partial charge >= 0.3 is 0 Å². The standard InChI is InChI=1S/C17H20Cl2N2O3/c1-10(2)9-23-15-6-4-12(8-14(15)18)20-16(22)7-5-13-11(3)21-24-17(13)19/h4,6,8,10H,5,7,9H2,1-3H3,(H,20,22). The normalized spacial score (nSPS) is 10.9. The molecule has 0 saturated heterocycles. The van der Waals surface area contributed by atoms with Crippen molar-refractivity contribution in [1.29, 1.82) is 0 Å². The third-order valence-electron chi connectivity index (χ3n) is 3.33. The average Bonchev–Trinajstić information content (AvgIpc) is 2.83. The summed E-state index contributed by atoms with van der Waals surface area (Å²) in [4.78, 5) is 12.1. The summed E-state index contributed by atoms with van der Waals surface area (Å²) in [5.74, 6) is 0.877. The van der Waals surface area contributed by atoms with E-state index in [1.807, 2.05) is 0 Å². The highest BCUT2D eigenvalue weighted by molar-refractivity contribution is 6.32. The number of aryl methyl sites for hydroxylation is 1. The molecule has 7 heteroatoms. The van der Waals surface area contributed by atoms with Crippen molar-refractivity contribution in [2.24, 2.45) is 5.92 Å². The number of nitrogens with zero attached hydrogens (tertiary/aromatic N) is 1. The predicted octanol–water partition coefficient (Wildman–Crippen LogP) is 4.90. The highest BCUT2D eigenvalue weighted by atomic mass is 35.5. The molecular weight excluding hydrogens is 351 g/mol. The lowest BCUT2D eigenvalue weighted by Gasteiger charge is -2.12. The summed E-state index contributed by atoms with van der Waals surface area (Å²) in [6, 6.07) is 5.19. The van der Waals surface area contributed by atoms with E-state index in [1.165, 1.54) is 0 Å². The van der Waals surface area contributed by atoms with E-state index >= 15 is 0 Å². The average molecular weight is 371 g/mol. The summed E-state index contributed by atoms with van der Waals surface area (Å²) >= 11 is 12.1. The van der Waals surface area contributed by atoms with Crippen LogP contribution in [0.5, 0.6) is 5.75 Å². The van der Waals surface area contributed by atoms with Crippen LogP contribution in [-0.2, 0) is 11.2 Å². The van der Waals surface area contributed by atoms with E-state index in [-0.39, 0.29) is 17.5 Å². The van der Waals surface area contributed by atoms with Gasteiger partial charge in [0.1, 0.15) is 5.75 Å². The summed E-state index contributed by atoms with van der Waals surface area (Å²) in [6.45, 7) is 6.50. The van der Waals surface area contributed by atoms with Gasteiger partial charge in [-0.3, -0.25) is 4.79 Å². The van der Waals surface area contributed by atoms with E-state index in [9.17, 15) is 4.79 Å². The van der Waals surface area contributed by atoms with Gasteiger partial charge in [0.15, 0.2) is 0 Å². The van der Waals surface area contributed by atoms with Crippen molar-refractivity contribution < 1.29 is 14.1 Å². The van der Waals surface area contributed by atoms with Gasteiger partial charge in [-0.15, -0.1) is 0 Å². The fraction of sp³-hybridized carbons (Fsp3) is 0.412. The van der Waals surface area contributed by atoms with E-state index < -0.39 is 0 Å². The summed E-state index contributed by atoms with van der Waals surface area (Å²) in [5, 5.41) is 7.26. The predicted molar refractivity (Wildman–Crippen MR) is 95.0 cm³/mol. The van der Waals surface area contributed by atoms with Crippen LogP contribution >= 0.6 is 23.2 Å². The molecule has 1 aromatic carbocycles. The van der Waals surface area contributed by atoms with Crippen molar-refractivity contribution in [1.82, 2.24) is 5.16 Å². The quantitative estimate of drug-likeness (QED) is 0.752. The Morgan fingerprint density at radius 1 is 1.38 bits per heavy atom. The number of carbonyl (C=O) groups is 1. The van der Waals surface area contributed by atoms with E-state index in [1.54, 1.807) is 25.1 Å². The molecule has 1 aromatic heterocycles. The molecule has 0 aliphatic rings. The summed E-state index contributed by atoms with van der Waals surface area (Å²) in [6.07, 6.45) is 0.730. The van der Waals surface area contributed by atoms with Gasteiger partial charge in [-0.2, -0.15) is 0 Å². The van der Waals surface area contributed by atoms with Gasteiger partial charge in [0.2, 0.25) is 11.1 Å². The molecule has 2 aromatic rings. The molecule has 24 heavy (non-hydrogen) atoms. The third kappa shape index (κ3) is 5.14. The Labute approximate surface area is 151 Å². The van der Waals surface area contributed by atoms with E-state index in [0.717, 1.165) is 5.56 Å². The summed E-state index contributed by atoms with van der Waals surface area (Å²) in [5.41, 5.74) is 2.07. The highest BCUT2D eigenvalue weighted by Gasteiger charge is 2.13. The Hall–Kier alpha value is -1.72. The monoisotopic (exact) mass is 370 g/mol. The number of nitrogens with one attached hydrogen (secondary N) is 1. The number of hydrogen-bond acceptors (Lipinski definition) is 4. The summed E-state index contributed by atoms with van der Waals surface area (Å²) in [7, 11) is 0. The van der Waals surface area contributed by atoms with Crippen LogP contribution in [0.4, 0.5) is 5.69 Å². The molecule has 5 nitrogen and oxygen atoms in total. The van der Waals surface area contributed by atoms with Crippen LogP contribution in [-0.4, -0.2) is 17.7 Å². The lowest BCUT2D eigenvalue weighted by molar-refractivity contribution is -0.116. The number of hydrogen-bond donors (Lipinski definition) is 1. The number of rotatable bonds is 7. The van der Waals surface area contributed by atoms with Crippen molar-refractivity contribution in [3.8, 4) is 5.75 Å². The van der Waals surface area contributed by atoms with Crippen LogP contribution < -0.4 is 10.1 Å². The van der Waals surface area contributed by atoms with Crippen molar-refractivity contribution in [2.75, 3.05) is 11.9 Å². The van der Waals surface area contributed by atoms with Gasteiger partial charge in [0, 0.05) is 17.7 Å². The molecule has 1 amide bonds. The fourth-order valence-corrected chi connectivity index (χ4v) is 2.56. The number of carbonyl (C=O) groups excluding carboxylic acids is 1. The molecule has 0 saturated carbocycles. The number of ether oxygens (including phenoxy) is 1. The van der Waals surface area contributed by atoms with Crippen molar-refractivity contribution in [2.45, 2.75) is 33.6 Å². The van der Waals surface area contributed by atoms with Crippen LogP contribution in [0.2, 0.25) is 10.2 Å². The van der Waals surface area contributed by atoms with Gasteiger partial charge < -0.3 is 14.6 Å². The maximum Gasteiger partial charge on any atom is 0.229 e. The Balaban J connectivity index is 1.91. The van der Waals surface area contributed by atoms with Gasteiger partial charge in [0.25, 0.3) is 0 Å². The molecule has 1 heterocycles. The number of amides is 1. The first-order chi connectivity index (χ1) is 11.4. The molecule has 0 aliphatic carbocycles. The molecular formula is C17H20Cl2N2O3. The molecule has 2 rings (SSSR count). The molecule has 0 atom stereocenters. The Morgan fingerprint density at radius 2 is 2.12 bits per heavy atom. The minimum atomic E-state index is -0.140. The SMILES string of the molecule is Cc1noc(Cl)c1CCC(=O)Nc1ccc(OCC(C)C)c(Cl)c1. The number of benzene rings is 1. The number of halogens is 2. The number of anilines is 1. The lowest BCUT2D eigenvalue weighted by Crippen LogP contribution is -2.12. The highest BCUT2D eigenvalue weighted by Crippen LogP contribution is 2.28. The maximum atomic E-state index is 12.1. The lowest BCUT2D eigenvalue weighted by atomic mass is 10.1. The largest absolute Gasteiger partial charge is 0.492 e. The Bertz CT molecular complexity index is 694. The second-order valence-corrected chi connectivity index (χ2v) is 6.67. The van der Waals surface area contributed by atoms with Crippen LogP contribution in [0.1, 0.15) is 31.5 Å². The van der Waals surface area contributed by atoms with Crippen LogP contribution in [0.25, 0.3) is 0 Å². The molecule has 0 unspecified atom stereocenters.